The van der Waals surface area contributed by atoms with Crippen molar-refractivity contribution in [3.8, 4) is 0 Å². The van der Waals surface area contributed by atoms with Crippen molar-refractivity contribution in [1.82, 2.24) is 5.32 Å². The third-order valence-electron chi connectivity index (χ3n) is 10.4. The summed E-state index contributed by atoms with van der Waals surface area (Å²) in [5.74, 6) is -1.45. The maximum Gasteiger partial charge on any atom is 0.404 e. The molecule has 0 rings (SSSR count). The van der Waals surface area contributed by atoms with Gasteiger partial charge >= 0.3 is 12.1 Å². The molecule has 0 saturated carbocycles. The zero-order valence-corrected chi connectivity index (χ0v) is 35.1. The lowest BCUT2D eigenvalue weighted by molar-refractivity contribution is -0.135. The quantitative estimate of drug-likeness (QED) is 0.0563. The number of rotatable bonds is 20. The highest BCUT2D eigenvalue weighted by molar-refractivity contribution is 6.74. The van der Waals surface area contributed by atoms with Gasteiger partial charge in [0.2, 0.25) is 0 Å². The zero-order chi connectivity index (χ0) is 37.8. The van der Waals surface area contributed by atoms with Gasteiger partial charge in [0.1, 0.15) is 6.10 Å². The topological polar surface area (TPSA) is 126 Å². The highest BCUT2D eigenvalue weighted by atomic mass is 28.4. The molecule has 0 saturated heterocycles. The number of allylic oxidation sites excluding steroid dienone is 2. The lowest BCUT2D eigenvalue weighted by atomic mass is 9.82. The van der Waals surface area contributed by atoms with Gasteiger partial charge in [0, 0.05) is 30.4 Å². The number of hydrogen-bond acceptors (Lipinski definition) is 8. The van der Waals surface area contributed by atoms with Crippen molar-refractivity contribution in [3.05, 3.63) is 37.0 Å². The van der Waals surface area contributed by atoms with E-state index in [4.69, 9.17) is 24.1 Å². The highest BCUT2D eigenvalue weighted by Crippen LogP contribution is 2.41. The first kappa shape index (κ1) is 45.9. The third-order valence-corrected chi connectivity index (χ3v) is 19.4. The summed E-state index contributed by atoms with van der Waals surface area (Å²) in [6.45, 7) is 36.2. The molecule has 0 aromatic carbocycles. The summed E-state index contributed by atoms with van der Waals surface area (Å²) >= 11 is 0. The summed E-state index contributed by atoms with van der Waals surface area (Å²) in [5.41, 5.74) is 5.52. The number of carbonyl (C=O) groups is 3. The Morgan fingerprint density at radius 1 is 0.812 bits per heavy atom. The fraction of sp³-hybridized carbons (Fsp3) is 0.757. The second-order valence-corrected chi connectivity index (χ2v) is 26.0. The smallest absolute Gasteiger partial charge is 0.404 e. The molecular weight excluding hydrogens is 641 g/mol. The first-order valence-corrected chi connectivity index (χ1v) is 23.2. The molecule has 9 nitrogen and oxygen atoms in total. The molecule has 11 heteroatoms. The van der Waals surface area contributed by atoms with Gasteiger partial charge in [-0.1, -0.05) is 107 Å². The van der Waals surface area contributed by atoms with Crippen LogP contribution in [0.25, 0.3) is 0 Å². The fourth-order valence-corrected chi connectivity index (χ4v) is 8.04. The van der Waals surface area contributed by atoms with E-state index in [1.165, 1.54) is 13.2 Å². The summed E-state index contributed by atoms with van der Waals surface area (Å²) in [6, 6.07) is 0. The molecule has 278 valence electrons. The van der Waals surface area contributed by atoms with Crippen molar-refractivity contribution < 1.29 is 32.7 Å². The molecule has 0 aliphatic heterocycles. The number of hydrogen-bond donors (Lipinski definition) is 2. The summed E-state index contributed by atoms with van der Waals surface area (Å²) in [7, 11) is -3.15. The molecule has 0 aromatic rings. The van der Waals surface area contributed by atoms with Crippen LogP contribution in [0.5, 0.6) is 0 Å². The molecule has 8 atom stereocenters. The zero-order valence-electron chi connectivity index (χ0n) is 33.1. The largest absolute Gasteiger partial charge is 0.466 e. The number of amides is 1. The molecule has 0 bridgehead atoms. The van der Waals surface area contributed by atoms with Gasteiger partial charge in [0.15, 0.2) is 22.4 Å². The minimum Gasteiger partial charge on any atom is -0.466 e. The molecule has 48 heavy (non-hydrogen) atoms. The molecule has 0 unspecified atom stereocenters. The Hall–Kier alpha value is -2.06. The molecule has 0 aromatic heterocycles. The van der Waals surface area contributed by atoms with E-state index >= 15 is 0 Å². The number of ether oxygens (including phenoxy) is 2. The Labute approximate surface area is 295 Å². The van der Waals surface area contributed by atoms with Crippen LogP contribution in [0.3, 0.4) is 0 Å². The van der Waals surface area contributed by atoms with Gasteiger partial charge in [-0.15, -0.1) is 0 Å². The summed E-state index contributed by atoms with van der Waals surface area (Å²) in [5, 5.41) is 3.30. The lowest BCUT2D eigenvalue weighted by Gasteiger charge is -2.44. The van der Waals surface area contributed by atoms with Gasteiger partial charge < -0.3 is 29.4 Å². The number of esters is 1. The molecule has 0 fully saturated rings. The fourth-order valence-electron chi connectivity index (χ4n) is 5.11. The van der Waals surface area contributed by atoms with Crippen LogP contribution in [-0.2, 0) is 27.9 Å². The van der Waals surface area contributed by atoms with Crippen molar-refractivity contribution in [2.75, 3.05) is 20.2 Å². The van der Waals surface area contributed by atoms with Crippen LogP contribution >= 0.6 is 0 Å². The SMILES string of the molecule is C=C/C=C\[C@H](C)[C@H](OC(N)=O)[C@@H](C)[C@H](O[Si](C)(C)C(C)(C)C)[C@@H](C)C(=O)CNC[C@H](C)[C@@H](O[Si](C)(C)C(C)(C)C)[C@@H](C)/C=C\C(=O)OC. The van der Waals surface area contributed by atoms with Crippen LogP contribution in [0.4, 0.5) is 4.79 Å². The maximum atomic E-state index is 13.9. The number of ketones is 1. The Morgan fingerprint density at radius 2 is 1.29 bits per heavy atom. The highest BCUT2D eigenvalue weighted by Gasteiger charge is 2.45. The van der Waals surface area contributed by atoms with E-state index in [1.807, 2.05) is 45.9 Å². The normalized spacial score (nSPS) is 18.4. The van der Waals surface area contributed by atoms with E-state index in [0.717, 1.165) is 0 Å². The predicted octanol–water partition coefficient (Wildman–Crippen LogP) is 8.04. The molecule has 1 amide bonds. The maximum absolute atomic E-state index is 13.9. The minimum absolute atomic E-state index is 0.000487. The number of carbonyl (C=O) groups excluding carboxylic acids is 3. The van der Waals surface area contributed by atoms with Crippen molar-refractivity contribution in [2.45, 2.75) is 131 Å². The van der Waals surface area contributed by atoms with Crippen LogP contribution in [0.2, 0.25) is 36.3 Å². The molecular formula is C37H70N2O7Si2. The van der Waals surface area contributed by atoms with Crippen molar-refractivity contribution in [2.24, 2.45) is 35.3 Å². The number of nitrogens with two attached hydrogens (primary N) is 1. The van der Waals surface area contributed by atoms with Crippen molar-refractivity contribution in [1.29, 1.82) is 0 Å². The van der Waals surface area contributed by atoms with Crippen molar-refractivity contribution in [3.63, 3.8) is 0 Å². The third kappa shape index (κ3) is 14.4. The summed E-state index contributed by atoms with van der Waals surface area (Å²) in [4.78, 5) is 37.8. The van der Waals surface area contributed by atoms with Gasteiger partial charge in [-0.05, 0) is 48.1 Å². The van der Waals surface area contributed by atoms with Crippen LogP contribution < -0.4 is 11.1 Å². The first-order valence-electron chi connectivity index (χ1n) is 17.3. The molecule has 0 aliphatic rings. The van der Waals surface area contributed by atoms with Crippen LogP contribution in [-0.4, -0.2) is 73.0 Å². The second-order valence-electron chi connectivity index (χ2n) is 16.5. The van der Waals surface area contributed by atoms with E-state index in [9.17, 15) is 14.4 Å². The Bertz CT molecular complexity index is 1110. The molecule has 0 aliphatic carbocycles. The van der Waals surface area contributed by atoms with E-state index in [-0.39, 0.29) is 52.2 Å². The van der Waals surface area contributed by atoms with Gasteiger partial charge in [-0.3, -0.25) is 4.79 Å². The van der Waals surface area contributed by atoms with E-state index < -0.39 is 46.8 Å². The van der Waals surface area contributed by atoms with E-state index in [1.54, 1.807) is 6.08 Å². The Kier molecular flexibility index (Phi) is 18.5. The number of Topliss-reactive ketones (excluding diaryl/α,β-unsaturated/α-hetero) is 1. The Balaban J connectivity index is 6.25. The molecule has 0 spiro atoms. The molecule has 0 radical (unpaired) electrons. The van der Waals surface area contributed by atoms with Crippen molar-refractivity contribution >= 4 is 34.5 Å². The average Bonchev–Trinajstić information content (AvgIpc) is 2.96. The van der Waals surface area contributed by atoms with E-state index in [0.29, 0.717) is 6.54 Å². The number of nitrogens with one attached hydrogen (secondary N) is 1. The van der Waals surface area contributed by atoms with Crippen LogP contribution in [0.15, 0.2) is 37.0 Å². The average molecular weight is 711 g/mol. The lowest BCUT2D eigenvalue weighted by Crippen LogP contribution is -2.52. The van der Waals surface area contributed by atoms with Gasteiger partial charge in [-0.25, -0.2) is 9.59 Å². The monoisotopic (exact) mass is 710 g/mol. The summed E-state index contributed by atoms with van der Waals surface area (Å²) in [6.07, 6.45) is 6.52. The molecule has 0 heterocycles. The number of primary amides is 1. The second kappa shape index (κ2) is 19.4. The minimum atomic E-state index is -2.35. The standard InChI is InChI=1S/C37H70N2O7Si2/c1-18-19-20-25(2)33(44-35(38)42)29(6)34(46-48(16,17)37(10,11)12)28(5)30(40)24-39-23-27(4)32(26(3)21-22-31(41)43-13)45-47(14,15)36(7,8)9/h18-22,25-29,32-34,39H,1,23-24H2,2-17H3,(H2,38,42)/b20-19-,22-21-/t25-,26-,27-,28-,29+,32-,33-,34+/m0/s1. The Morgan fingerprint density at radius 3 is 1.73 bits per heavy atom. The predicted molar refractivity (Wildman–Crippen MR) is 203 cm³/mol. The van der Waals surface area contributed by atoms with E-state index in [2.05, 4.69) is 86.5 Å². The first-order chi connectivity index (χ1) is 21.7. The van der Waals surface area contributed by atoms with Gasteiger partial charge in [0.25, 0.3) is 0 Å². The summed E-state index contributed by atoms with van der Waals surface area (Å²) < 4.78 is 24.3. The van der Waals surface area contributed by atoms with Gasteiger partial charge in [0.05, 0.1) is 25.9 Å². The van der Waals surface area contributed by atoms with Crippen LogP contribution in [0, 0.1) is 29.6 Å². The number of methoxy groups -OCH3 is 1. The molecule has 3 N–H and O–H groups in total. The van der Waals surface area contributed by atoms with Crippen LogP contribution in [0.1, 0.15) is 76.2 Å². The van der Waals surface area contributed by atoms with Gasteiger partial charge in [-0.2, -0.15) is 0 Å².